The van der Waals surface area contributed by atoms with Crippen LogP contribution >= 0.6 is 11.6 Å². The van der Waals surface area contributed by atoms with Crippen molar-refractivity contribution in [1.29, 1.82) is 0 Å². The average molecular weight is 526 g/mol. The van der Waals surface area contributed by atoms with E-state index in [9.17, 15) is 4.79 Å². The highest BCUT2D eigenvalue weighted by molar-refractivity contribution is 6.33. The molecular formula is C27H24ClN9O. The van der Waals surface area contributed by atoms with Gasteiger partial charge in [0.05, 0.1) is 6.54 Å². The van der Waals surface area contributed by atoms with Gasteiger partial charge in [-0.2, -0.15) is 4.98 Å². The third-order valence-electron chi connectivity index (χ3n) is 7.50. The van der Waals surface area contributed by atoms with E-state index in [4.69, 9.17) is 16.6 Å². The summed E-state index contributed by atoms with van der Waals surface area (Å²) in [6.45, 7) is 3.22. The van der Waals surface area contributed by atoms with Crippen molar-refractivity contribution in [3.05, 3.63) is 93.6 Å². The van der Waals surface area contributed by atoms with Crippen LogP contribution in [0.1, 0.15) is 11.4 Å². The second kappa shape index (κ2) is 9.30. The summed E-state index contributed by atoms with van der Waals surface area (Å²) in [6.07, 6.45) is 1.75. The van der Waals surface area contributed by atoms with Gasteiger partial charge in [-0.1, -0.05) is 60.1 Å². The summed E-state index contributed by atoms with van der Waals surface area (Å²) in [5.41, 5.74) is 2.74. The van der Waals surface area contributed by atoms with Gasteiger partial charge in [0.15, 0.2) is 5.82 Å². The van der Waals surface area contributed by atoms with Gasteiger partial charge >= 0.3 is 0 Å². The van der Waals surface area contributed by atoms with Gasteiger partial charge < -0.3 is 5.32 Å². The second-order valence-corrected chi connectivity index (χ2v) is 10.3. The zero-order chi connectivity index (χ0) is 25.6. The Bertz CT molecular complexity index is 1660. The Morgan fingerprint density at radius 3 is 2.55 bits per heavy atom. The first-order valence-corrected chi connectivity index (χ1v) is 12.9. The van der Waals surface area contributed by atoms with Crippen LogP contribution in [0.3, 0.4) is 0 Å². The van der Waals surface area contributed by atoms with Crippen LogP contribution in [0.4, 0.5) is 5.95 Å². The van der Waals surface area contributed by atoms with E-state index in [-0.39, 0.29) is 12.1 Å². The van der Waals surface area contributed by atoms with E-state index < -0.39 is 0 Å². The number of piperidine rings is 1. The normalized spacial score (nSPS) is 20.5. The van der Waals surface area contributed by atoms with E-state index >= 15 is 0 Å². The average Bonchev–Trinajstić information content (AvgIpc) is 3.29. The van der Waals surface area contributed by atoms with E-state index in [0.29, 0.717) is 51.4 Å². The quantitative estimate of drug-likeness (QED) is 0.332. The SMILES string of the molecule is O=c1c(-c2ccccc2Cl)cc2cnc(NC3C4CN(Cc5ccccc5)CC43)nc2n1Cc1nnn[nH]1. The molecule has 11 heteroatoms. The van der Waals surface area contributed by atoms with Crippen molar-refractivity contribution in [2.45, 2.75) is 19.1 Å². The molecule has 1 aliphatic carbocycles. The maximum Gasteiger partial charge on any atom is 0.260 e. The summed E-state index contributed by atoms with van der Waals surface area (Å²) in [6, 6.07) is 20.0. The molecule has 1 aliphatic heterocycles. The number of halogens is 1. The Labute approximate surface area is 222 Å². The van der Waals surface area contributed by atoms with Crippen LogP contribution < -0.4 is 10.9 Å². The van der Waals surface area contributed by atoms with Gasteiger partial charge in [-0.05, 0) is 40.0 Å². The van der Waals surface area contributed by atoms with Crippen molar-refractivity contribution < 1.29 is 0 Å². The van der Waals surface area contributed by atoms with Gasteiger partial charge in [-0.3, -0.25) is 14.3 Å². The number of anilines is 1. The molecule has 1 saturated heterocycles. The van der Waals surface area contributed by atoms with Crippen LogP contribution in [-0.4, -0.2) is 59.2 Å². The summed E-state index contributed by atoms with van der Waals surface area (Å²) in [7, 11) is 0. The number of hydrogen-bond donors (Lipinski definition) is 2. The molecule has 190 valence electrons. The number of pyridine rings is 1. The molecular weight excluding hydrogens is 502 g/mol. The number of hydrogen-bond acceptors (Lipinski definition) is 8. The molecule has 0 radical (unpaired) electrons. The molecule has 2 unspecified atom stereocenters. The number of nitrogens with one attached hydrogen (secondary N) is 2. The first kappa shape index (κ1) is 23.0. The summed E-state index contributed by atoms with van der Waals surface area (Å²) in [5, 5.41) is 18.7. The zero-order valence-electron chi connectivity index (χ0n) is 20.3. The van der Waals surface area contributed by atoms with Crippen molar-refractivity contribution in [2.75, 3.05) is 18.4 Å². The molecule has 10 nitrogen and oxygen atoms in total. The highest BCUT2D eigenvalue weighted by atomic mass is 35.5. The topological polar surface area (TPSA) is 118 Å². The summed E-state index contributed by atoms with van der Waals surface area (Å²) >= 11 is 6.44. The lowest BCUT2D eigenvalue weighted by Gasteiger charge is -2.20. The minimum absolute atomic E-state index is 0.139. The third-order valence-corrected chi connectivity index (χ3v) is 7.83. The number of nitrogens with zero attached hydrogens (tertiary/aromatic N) is 7. The molecule has 2 aliphatic rings. The minimum atomic E-state index is -0.230. The molecule has 3 aromatic heterocycles. The van der Waals surface area contributed by atoms with Crippen LogP contribution in [0.2, 0.25) is 5.02 Å². The van der Waals surface area contributed by atoms with Gasteiger partial charge in [0, 0.05) is 53.4 Å². The lowest BCUT2D eigenvalue weighted by molar-refractivity contribution is 0.292. The molecule has 7 rings (SSSR count). The standard InChI is InChI=1S/C27H24ClN9O/c28-22-9-5-4-8-18(22)19-10-17-11-29-27(31-25(17)37(26(19)38)15-23-32-34-35-33-23)30-24-20-13-36(14-21(20)24)12-16-6-2-1-3-7-16/h1-11,20-21,24H,12-15H2,(H,29,30,31)(H,32,33,34,35). The van der Waals surface area contributed by atoms with Gasteiger partial charge in [0.2, 0.25) is 5.95 Å². The highest BCUT2D eigenvalue weighted by Crippen LogP contribution is 2.47. The fourth-order valence-electron chi connectivity index (χ4n) is 5.59. The lowest BCUT2D eigenvalue weighted by atomic mass is 10.1. The molecule has 1 saturated carbocycles. The van der Waals surface area contributed by atoms with Crippen LogP contribution in [0, 0.1) is 11.8 Å². The van der Waals surface area contributed by atoms with Crippen molar-refractivity contribution in [3.8, 4) is 11.1 Å². The largest absolute Gasteiger partial charge is 0.351 e. The smallest absolute Gasteiger partial charge is 0.260 e. The van der Waals surface area contributed by atoms with E-state index in [0.717, 1.165) is 25.0 Å². The zero-order valence-corrected chi connectivity index (χ0v) is 21.1. The molecule has 2 aromatic carbocycles. The number of benzene rings is 2. The Balaban J connectivity index is 1.16. The molecule has 2 fully saturated rings. The van der Waals surface area contributed by atoms with E-state index in [1.54, 1.807) is 22.9 Å². The van der Waals surface area contributed by atoms with Crippen molar-refractivity contribution in [3.63, 3.8) is 0 Å². The number of fused-ring (bicyclic) bond motifs is 2. The molecule has 38 heavy (non-hydrogen) atoms. The predicted octanol–water partition coefficient (Wildman–Crippen LogP) is 3.22. The molecule has 0 amide bonds. The Kier molecular flexibility index (Phi) is 5.63. The molecule has 2 N–H and O–H groups in total. The number of aromatic nitrogens is 7. The first-order chi connectivity index (χ1) is 18.6. The Morgan fingerprint density at radius 2 is 1.79 bits per heavy atom. The highest BCUT2D eigenvalue weighted by Gasteiger charge is 2.55. The van der Waals surface area contributed by atoms with Gasteiger partial charge in [-0.15, -0.1) is 5.10 Å². The fraction of sp³-hybridized carbons (Fsp3) is 0.259. The molecule has 0 bridgehead atoms. The Morgan fingerprint density at radius 1 is 1.00 bits per heavy atom. The van der Waals surface area contributed by atoms with Gasteiger partial charge in [0.25, 0.3) is 5.56 Å². The van der Waals surface area contributed by atoms with Crippen LogP contribution in [0.15, 0.2) is 71.7 Å². The maximum atomic E-state index is 13.7. The van der Waals surface area contributed by atoms with Crippen LogP contribution in [-0.2, 0) is 13.1 Å². The monoisotopic (exact) mass is 525 g/mol. The summed E-state index contributed by atoms with van der Waals surface area (Å²) in [4.78, 5) is 25.6. The second-order valence-electron chi connectivity index (χ2n) is 9.93. The predicted molar refractivity (Wildman–Crippen MR) is 144 cm³/mol. The number of tetrazole rings is 1. The van der Waals surface area contributed by atoms with Crippen molar-refractivity contribution in [2.24, 2.45) is 11.8 Å². The van der Waals surface area contributed by atoms with Crippen molar-refractivity contribution >= 4 is 28.6 Å². The molecule has 0 spiro atoms. The molecule has 4 heterocycles. The number of rotatable bonds is 7. The number of H-pyrrole nitrogens is 1. The fourth-order valence-corrected chi connectivity index (χ4v) is 5.83. The third kappa shape index (κ3) is 4.21. The maximum absolute atomic E-state index is 13.7. The van der Waals surface area contributed by atoms with E-state index in [1.807, 2.05) is 24.3 Å². The van der Waals surface area contributed by atoms with Gasteiger partial charge in [-0.25, -0.2) is 10.1 Å². The van der Waals surface area contributed by atoms with Crippen molar-refractivity contribution in [1.82, 2.24) is 40.1 Å². The lowest BCUT2D eigenvalue weighted by Crippen LogP contribution is -2.28. The number of aromatic amines is 1. The summed E-state index contributed by atoms with van der Waals surface area (Å²) in [5.74, 6) is 2.11. The van der Waals surface area contributed by atoms with Crippen LogP contribution in [0.25, 0.3) is 22.2 Å². The Hall–Kier alpha value is -4.15. The number of likely N-dealkylation sites (tertiary alicyclic amines) is 1. The van der Waals surface area contributed by atoms with E-state index in [1.165, 1.54) is 5.56 Å². The molecule has 5 aromatic rings. The van der Waals surface area contributed by atoms with Gasteiger partial charge in [0.1, 0.15) is 5.65 Å². The van der Waals surface area contributed by atoms with E-state index in [2.05, 4.69) is 60.1 Å². The minimum Gasteiger partial charge on any atom is -0.351 e. The summed E-state index contributed by atoms with van der Waals surface area (Å²) < 4.78 is 1.57. The first-order valence-electron chi connectivity index (χ1n) is 12.5. The van der Waals surface area contributed by atoms with Crippen LogP contribution in [0.5, 0.6) is 0 Å². The molecule has 2 atom stereocenters.